The van der Waals surface area contributed by atoms with Gasteiger partial charge in [0, 0.05) is 19.0 Å². The number of ketones is 1. The highest BCUT2D eigenvalue weighted by Crippen LogP contribution is 2.38. The fourth-order valence-corrected chi connectivity index (χ4v) is 3.08. The maximum atomic E-state index is 12.7. The number of nitrogens with zero attached hydrogens (tertiary/aromatic N) is 1. The zero-order chi connectivity index (χ0) is 16.7. The zero-order valence-corrected chi connectivity index (χ0v) is 13.8. The van der Waals surface area contributed by atoms with E-state index in [-0.39, 0.29) is 29.2 Å². The Kier molecular flexibility index (Phi) is 3.88. The Labute approximate surface area is 135 Å². The molecule has 0 amide bonds. The van der Waals surface area contributed by atoms with Gasteiger partial charge in [0.05, 0.1) is 17.5 Å². The van der Waals surface area contributed by atoms with E-state index in [0.717, 1.165) is 25.9 Å². The molecule has 124 valence electrons. The number of rotatable bonds is 1. The molecular weight excluding hydrogens is 296 g/mol. The van der Waals surface area contributed by atoms with Gasteiger partial charge in [0.15, 0.2) is 5.78 Å². The molecule has 2 aliphatic heterocycles. The van der Waals surface area contributed by atoms with E-state index < -0.39 is 17.2 Å². The number of nitrogens with one attached hydrogen (secondary N) is 1. The molecule has 0 radical (unpaired) electrons. The number of Topliss-reactive ketones (excluding diaryl/α,β-unsaturated/α-hetero) is 1. The van der Waals surface area contributed by atoms with Crippen molar-refractivity contribution in [2.45, 2.75) is 51.2 Å². The first-order valence-corrected chi connectivity index (χ1v) is 7.95. The minimum absolute atomic E-state index is 0.0953. The quantitative estimate of drug-likeness (QED) is 0.799. The Morgan fingerprint density at radius 2 is 2.04 bits per heavy atom. The summed E-state index contributed by atoms with van der Waals surface area (Å²) in [6.07, 6.45) is 3.29. The van der Waals surface area contributed by atoms with Gasteiger partial charge in [-0.05, 0) is 39.9 Å². The van der Waals surface area contributed by atoms with Gasteiger partial charge in [-0.15, -0.1) is 0 Å². The molecular formula is C17H22N2O4. The highest BCUT2D eigenvalue weighted by molar-refractivity contribution is 6.09. The number of piperidine rings is 1. The van der Waals surface area contributed by atoms with Gasteiger partial charge in [0.25, 0.3) is 0 Å². The summed E-state index contributed by atoms with van der Waals surface area (Å²) in [5.74, 6) is -0.358. The van der Waals surface area contributed by atoms with Crippen molar-refractivity contribution in [3.8, 4) is 5.88 Å². The predicted molar refractivity (Wildman–Crippen MR) is 83.8 cm³/mol. The van der Waals surface area contributed by atoms with Crippen LogP contribution in [0.4, 0.5) is 0 Å². The molecule has 1 fully saturated rings. The lowest BCUT2D eigenvalue weighted by Gasteiger charge is -2.40. The number of esters is 1. The standard InChI is InChI=1S/C17H22N2O4/c1-16(2,3)23-15(21)11-4-7-19-14-13(11)12(20)10-17(22-14)5-8-18-9-6-17/h4,7,18H,5-6,8-10H2,1-3H3. The van der Waals surface area contributed by atoms with Crippen LogP contribution in [0.5, 0.6) is 5.88 Å². The van der Waals surface area contributed by atoms with Gasteiger partial charge in [-0.3, -0.25) is 4.79 Å². The number of carbonyl (C=O) groups is 2. The van der Waals surface area contributed by atoms with Crippen molar-refractivity contribution in [3.63, 3.8) is 0 Å². The van der Waals surface area contributed by atoms with Crippen molar-refractivity contribution in [1.29, 1.82) is 0 Å². The monoisotopic (exact) mass is 318 g/mol. The van der Waals surface area contributed by atoms with Crippen LogP contribution in [-0.4, -0.2) is 41.0 Å². The Morgan fingerprint density at radius 3 is 2.70 bits per heavy atom. The van der Waals surface area contributed by atoms with Gasteiger partial charge in [0.2, 0.25) is 5.88 Å². The van der Waals surface area contributed by atoms with E-state index in [1.165, 1.54) is 12.3 Å². The third kappa shape index (κ3) is 3.22. The predicted octanol–water partition coefficient (Wildman–Crippen LogP) is 2.12. The first-order valence-electron chi connectivity index (χ1n) is 7.95. The largest absolute Gasteiger partial charge is 0.470 e. The van der Waals surface area contributed by atoms with E-state index in [2.05, 4.69) is 10.3 Å². The van der Waals surface area contributed by atoms with Gasteiger partial charge in [-0.2, -0.15) is 0 Å². The van der Waals surface area contributed by atoms with Crippen LogP contribution >= 0.6 is 0 Å². The van der Waals surface area contributed by atoms with E-state index in [1.54, 1.807) is 20.8 Å². The van der Waals surface area contributed by atoms with Crippen molar-refractivity contribution in [2.24, 2.45) is 0 Å². The molecule has 0 saturated carbocycles. The van der Waals surface area contributed by atoms with Gasteiger partial charge in [-0.25, -0.2) is 9.78 Å². The Bertz CT molecular complexity index is 642. The van der Waals surface area contributed by atoms with Crippen LogP contribution in [0.1, 0.15) is 60.7 Å². The smallest absolute Gasteiger partial charge is 0.339 e. The lowest BCUT2D eigenvalue weighted by Crippen LogP contribution is -2.50. The number of hydrogen-bond acceptors (Lipinski definition) is 6. The van der Waals surface area contributed by atoms with Gasteiger partial charge < -0.3 is 14.8 Å². The summed E-state index contributed by atoms with van der Waals surface area (Å²) >= 11 is 0. The van der Waals surface area contributed by atoms with Crippen molar-refractivity contribution in [2.75, 3.05) is 13.1 Å². The summed E-state index contributed by atoms with van der Waals surface area (Å²) in [6.45, 7) is 7.01. The maximum absolute atomic E-state index is 12.7. The average Bonchev–Trinajstić information content (AvgIpc) is 2.45. The molecule has 23 heavy (non-hydrogen) atoms. The third-order valence-corrected chi connectivity index (χ3v) is 4.12. The molecule has 2 aliphatic rings. The number of aromatic nitrogens is 1. The Morgan fingerprint density at radius 1 is 1.35 bits per heavy atom. The van der Waals surface area contributed by atoms with Crippen LogP contribution in [0, 0.1) is 0 Å². The first kappa shape index (κ1) is 15.9. The first-order chi connectivity index (χ1) is 10.8. The summed E-state index contributed by atoms with van der Waals surface area (Å²) in [5.41, 5.74) is -0.624. The molecule has 1 N–H and O–H groups in total. The molecule has 0 atom stereocenters. The molecule has 6 nitrogen and oxygen atoms in total. The molecule has 6 heteroatoms. The second-order valence-electron chi connectivity index (χ2n) is 7.18. The summed E-state index contributed by atoms with van der Waals surface area (Å²) in [5, 5.41) is 3.26. The fraction of sp³-hybridized carbons (Fsp3) is 0.588. The lowest BCUT2D eigenvalue weighted by molar-refractivity contribution is 0.00397. The highest BCUT2D eigenvalue weighted by Gasteiger charge is 2.43. The molecule has 3 rings (SSSR count). The van der Waals surface area contributed by atoms with Crippen LogP contribution in [-0.2, 0) is 4.74 Å². The van der Waals surface area contributed by atoms with Crippen LogP contribution in [0.2, 0.25) is 0 Å². The Balaban J connectivity index is 1.94. The number of hydrogen-bond donors (Lipinski definition) is 1. The second kappa shape index (κ2) is 5.60. The molecule has 1 aromatic heterocycles. The van der Waals surface area contributed by atoms with Crippen molar-refractivity contribution in [1.82, 2.24) is 10.3 Å². The van der Waals surface area contributed by atoms with Crippen molar-refractivity contribution < 1.29 is 19.1 Å². The van der Waals surface area contributed by atoms with Crippen molar-refractivity contribution in [3.05, 3.63) is 23.4 Å². The molecule has 1 spiro atoms. The minimum atomic E-state index is -0.623. The average molecular weight is 318 g/mol. The Hall–Kier alpha value is -1.95. The molecule has 3 heterocycles. The van der Waals surface area contributed by atoms with E-state index in [1.807, 2.05) is 0 Å². The van der Waals surface area contributed by atoms with Gasteiger partial charge >= 0.3 is 5.97 Å². The minimum Gasteiger partial charge on any atom is -0.470 e. The molecule has 1 aromatic rings. The molecule has 1 saturated heterocycles. The molecule has 0 aliphatic carbocycles. The molecule has 0 aromatic carbocycles. The summed E-state index contributed by atoms with van der Waals surface area (Å²) in [6, 6.07) is 1.52. The van der Waals surface area contributed by atoms with Crippen LogP contribution < -0.4 is 10.1 Å². The van der Waals surface area contributed by atoms with E-state index in [4.69, 9.17) is 9.47 Å². The topological polar surface area (TPSA) is 77.5 Å². The van der Waals surface area contributed by atoms with Crippen LogP contribution in [0.3, 0.4) is 0 Å². The second-order valence-corrected chi connectivity index (χ2v) is 7.18. The normalized spacial score (nSPS) is 19.9. The van der Waals surface area contributed by atoms with Crippen molar-refractivity contribution >= 4 is 11.8 Å². The number of carbonyl (C=O) groups excluding carboxylic acids is 2. The van der Waals surface area contributed by atoms with E-state index in [0.29, 0.717) is 0 Å². The number of ether oxygens (including phenoxy) is 2. The van der Waals surface area contributed by atoms with Crippen LogP contribution in [0.25, 0.3) is 0 Å². The van der Waals surface area contributed by atoms with Gasteiger partial charge in [-0.1, -0.05) is 0 Å². The SMILES string of the molecule is CC(C)(C)OC(=O)c1ccnc2c1C(=O)CC1(CCNCC1)O2. The molecule has 0 unspecified atom stereocenters. The van der Waals surface area contributed by atoms with Crippen LogP contribution in [0.15, 0.2) is 12.3 Å². The number of pyridine rings is 1. The third-order valence-electron chi connectivity index (χ3n) is 4.12. The summed E-state index contributed by atoms with van der Waals surface area (Å²) in [7, 11) is 0. The summed E-state index contributed by atoms with van der Waals surface area (Å²) in [4.78, 5) is 29.3. The maximum Gasteiger partial charge on any atom is 0.339 e. The van der Waals surface area contributed by atoms with E-state index in [9.17, 15) is 9.59 Å². The fourth-order valence-electron chi connectivity index (χ4n) is 3.08. The zero-order valence-electron chi connectivity index (χ0n) is 13.8. The number of fused-ring (bicyclic) bond motifs is 1. The summed E-state index contributed by atoms with van der Waals surface area (Å²) < 4.78 is 11.5. The van der Waals surface area contributed by atoms with Gasteiger partial charge in [0.1, 0.15) is 11.2 Å². The lowest BCUT2D eigenvalue weighted by atomic mass is 9.83. The highest BCUT2D eigenvalue weighted by atomic mass is 16.6. The van der Waals surface area contributed by atoms with E-state index >= 15 is 0 Å². The molecule has 0 bridgehead atoms.